The molecule has 1 N–H and O–H groups in total. The molecule has 1 atom stereocenters. The summed E-state index contributed by atoms with van der Waals surface area (Å²) in [6.07, 6.45) is 1.58. The number of amides is 1. The summed E-state index contributed by atoms with van der Waals surface area (Å²) in [5, 5.41) is 2.82. The molecule has 0 fully saturated rings. The summed E-state index contributed by atoms with van der Waals surface area (Å²) in [6, 6.07) is 10.9. The lowest BCUT2D eigenvalue weighted by Gasteiger charge is -2.16. The molecule has 0 aliphatic rings. The van der Waals surface area contributed by atoms with E-state index in [-0.39, 0.29) is 16.5 Å². The van der Waals surface area contributed by atoms with Crippen LogP contribution in [0.25, 0.3) is 16.6 Å². The number of aromatic nitrogens is 2. The zero-order valence-electron chi connectivity index (χ0n) is 15.0. The van der Waals surface area contributed by atoms with Crippen LogP contribution in [0, 0.1) is 5.82 Å². The number of rotatable bonds is 6. The number of carbonyl (C=O) groups is 1. The van der Waals surface area contributed by atoms with Crippen molar-refractivity contribution in [2.24, 2.45) is 0 Å². The number of fused-ring (bicyclic) bond motifs is 1. The van der Waals surface area contributed by atoms with Crippen molar-refractivity contribution in [1.82, 2.24) is 14.9 Å². The van der Waals surface area contributed by atoms with Crippen molar-refractivity contribution in [3.63, 3.8) is 0 Å². The molecule has 0 aliphatic heterocycles. The van der Waals surface area contributed by atoms with Gasteiger partial charge in [0.15, 0.2) is 5.16 Å². The second-order valence-corrected chi connectivity index (χ2v) is 7.66. The summed E-state index contributed by atoms with van der Waals surface area (Å²) in [6.45, 7) is 5.63. The fourth-order valence-corrected chi connectivity index (χ4v) is 3.70. The molecule has 28 heavy (non-hydrogen) atoms. The Labute approximate surface area is 170 Å². The van der Waals surface area contributed by atoms with E-state index in [1.165, 1.54) is 22.8 Å². The average Bonchev–Trinajstić information content (AvgIpc) is 2.68. The van der Waals surface area contributed by atoms with E-state index < -0.39 is 11.1 Å². The van der Waals surface area contributed by atoms with Gasteiger partial charge in [-0.15, -0.1) is 6.58 Å². The minimum absolute atomic E-state index is 0.106. The lowest BCUT2D eigenvalue weighted by molar-refractivity contribution is -0.120. The van der Waals surface area contributed by atoms with Crippen LogP contribution >= 0.6 is 23.4 Å². The molecule has 0 aliphatic carbocycles. The van der Waals surface area contributed by atoms with Crippen molar-refractivity contribution < 1.29 is 9.18 Å². The van der Waals surface area contributed by atoms with E-state index in [2.05, 4.69) is 16.9 Å². The standard InChI is InChI=1S/C20H17ClFN3O2S/c1-3-10-23-18(26)12(2)28-20-24-17-7-5-4-6-14(17)19(27)25(20)13-8-9-16(22)15(21)11-13/h3-9,11-12H,1,10H2,2H3,(H,23,26). The number of benzene rings is 2. The number of hydrogen-bond donors (Lipinski definition) is 1. The summed E-state index contributed by atoms with van der Waals surface area (Å²) >= 11 is 7.04. The SMILES string of the molecule is C=CCNC(=O)C(C)Sc1nc2ccccc2c(=O)n1-c1ccc(F)c(Cl)c1. The monoisotopic (exact) mass is 417 g/mol. The van der Waals surface area contributed by atoms with Crippen LogP contribution in [0.3, 0.4) is 0 Å². The third-order valence-electron chi connectivity index (χ3n) is 3.98. The lowest BCUT2D eigenvalue weighted by atomic mass is 10.2. The highest BCUT2D eigenvalue weighted by atomic mass is 35.5. The van der Waals surface area contributed by atoms with Gasteiger partial charge in [-0.1, -0.05) is 41.6 Å². The number of para-hydroxylation sites is 1. The summed E-state index contributed by atoms with van der Waals surface area (Å²) in [4.78, 5) is 29.9. The Morgan fingerprint density at radius 2 is 2.14 bits per heavy atom. The highest BCUT2D eigenvalue weighted by Gasteiger charge is 2.20. The Bertz CT molecular complexity index is 1120. The number of halogens is 2. The van der Waals surface area contributed by atoms with Crippen LogP contribution in [0.5, 0.6) is 0 Å². The van der Waals surface area contributed by atoms with Crippen LogP contribution < -0.4 is 10.9 Å². The van der Waals surface area contributed by atoms with Crippen LogP contribution in [0.2, 0.25) is 5.02 Å². The molecular weight excluding hydrogens is 401 g/mol. The fraction of sp³-hybridized carbons (Fsp3) is 0.150. The molecule has 0 bridgehead atoms. The second kappa shape index (κ2) is 8.58. The summed E-state index contributed by atoms with van der Waals surface area (Å²) in [5.74, 6) is -0.797. The Kier molecular flexibility index (Phi) is 6.16. The number of nitrogens with zero attached hydrogens (tertiary/aromatic N) is 2. The maximum absolute atomic E-state index is 13.6. The first kappa shape index (κ1) is 20.1. The summed E-state index contributed by atoms with van der Waals surface area (Å²) < 4.78 is 14.9. The van der Waals surface area contributed by atoms with E-state index >= 15 is 0 Å². The molecule has 0 saturated heterocycles. The lowest BCUT2D eigenvalue weighted by Crippen LogP contribution is -2.32. The molecule has 1 amide bonds. The number of hydrogen-bond acceptors (Lipinski definition) is 4. The third kappa shape index (κ3) is 4.10. The van der Waals surface area contributed by atoms with E-state index in [4.69, 9.17) is 11.6 Å². The summed E-state index contributed by atoms with van der Waals surface area (Å²) in [5.41, 5.74) is 0.559. The number of carbonyl (C=O) groups excluding carboxylic acids is 1. The highest BCUT2D eigenvalue weighted by molar-refractivity contribution is 8.00. The first-order valence-electron chi connectivity index (χ1n) is 8.45. The molecule has 0 spiro atoms. The van der Waals surface area contributed by atoms with Crippen molar-refractivity contribution in [2.75, 3.05) is 6.54 Å². The first-order valence-corrected chi connectivity index (χ1v) is 9.70. The minimum atomic E-state index is -0.585. The molecule has 1 unspecified atom stereocenters. The van der Waals surface area contributed by atoms with E-state index in [0.29, 0.717) is 28.3 Å². The van der Waals surface area contributed by atoms with E-state index in [1.807, 2.05) is 0 Å². The highest BCUT2D eigenvalue weighted by Crippen LogP contribution is 2.27. The molecule has 1 aromatic heterocycles. The van der Waals surface area contributed by atoms with Gasteiger partial charge >= 0.3 is 0 Å². The Morgan fingerprint density at radius 1 is 1.39 bits per heavy atom. The first-order chi connectivity index (χ1) is 13.4. The van der Waals surface area contributed by atoms with Gasteiger partial charge in [-0.25, -0.2) is 9.37 Å². The zero-order chi connectivity index (χ0) is 20.3. The number of thioether (sulfide) groups is 1. The Morgan fingerprint density at radius 3 is 2.86 bits per heavy atom. The fourth-order valence-electron chi connectivity index (χ4n) is 2.57. The molecule has 3 rings (SSSR count). The molecule has 5 nitrogen and oxygen atoms in total. The number of nitrogens with one attached hydrogen (secondary N) is 1. The van der Waals surface area contributed by atoms with E-state index in [9.17, 15) is 14.0 Å². The topological polar surface area (TPSA) is 64.0 Å². The quantitative estimate of drug-likeness (QED) is 0.374. The predicted molar refractivity (Wildman–Crippen MR) is 111 cm³/mol. The van der Waals surface area contributed by atoms with Crippen LogP contribution in [-0.2, 0) is 4.79 Å². The molecule has 8 heteroatoms. The van der Waals surface area contributed by atoms with Gasteiger partial charge in [-0.3, -0.25) is 14.2 Å². The van der Waals surface area contributed by atoms with Gasteiger partial charge < -0.3 is 5.32 Å². The van der Waals surface area contributed by atoms with Gasteiger partial charge in [0, 0.05) is 6.54 Å². The Hall–Kier alpha value is -2.64. The van der Waals surface area contributed by atoms with Crippen LogP contribution in [-0.4, -0.2) is 27.3 Å². The van der Waals surface area contributed by atoms with Crippen molar-refractivity contribution in [3.8, 4) is 5.69 Å². The van der Waals surface area contributed by atoms with Crippen LogP contribution in [0.4, 0.5) is 4.39 Å². The molecular formula is C20H17ClFN3O2S. The van der Waals surface area contributed by atoms with Gasteiger partial charge in [0.1, 0.15) is 5.82 Å². The van der Waals surface area contributed by atoms with Gasteiger partial charge in [-0.05, 0) is 37.3 Å². The van der Waals surface area contributed by atoms with E-state index in [0.717, 1.165) is 11.8 Å². The Balaban J connectivity index is 2.14. The van der Waals surface area contributed by atoms with Gasteiger partial charge in [-0.2, -0.15) is 0 Å². The van der Waals surface area contributed by atoms with Crippen molar-refractivity contribution >= 4 is 40.2 Å². The summed E-state index contributed by atoms with van der Waals surface area (Å²) in [7, 11) is 0. The molecule has 2 aromatic carbocycles. The maximum atomic E-state index is 13.6. The van der Waals surface area contributed by atoms with Crippen LogP contribution in [0.15, 0.2) is 65.1 Å². The molecule has 3 aromatic rings. The zero-order valence-corrected chi connectivity index (χ0v) is 16.6. The molecule has 144 valence electrons. The molecule has 1 heterocycles. The van der Waals surface area contributed by atoms with Crippen molar-refractivity contribution in [1.29, 1.82) is 0 Å². The predicted octanol–water partition coefficient (Wildman–Crippen LogP) is 3.96. The van der Waals surface area contributed by atoms with Gasteiger partial charge in [0.2, 0.25) is 5.91 Å². The average molecular weight is 418 g/mol. The molecule has 0 saturated carbocycles. The van der Waals surface area contributed by atoms with Crippen molar-refractivity contribution in [3.05, 3.63) is 76.3 Å². The minimum Gasteiger partial charge on any atom is -0.352 e. The second-order valence-electron chi connectivity index (χ2n) is 5.94. The van der Waals surface area contributed by atoms with E-state index in [1.54, 1.807) is 37.3 Å². The normalized spacial score (nSPS) is 12.0. The van der Waals surface area contributed by atoms with Gasteiger partial charge in [0.25, 0.3) is 5.56 Å². The third-order valence-corrected chi connectivity index (χ3v) is 5.32. The largest absolute Gasteiger partial charge is 0.352 e. The van der Waals surface area contributed by atoms with Crippen LogP contribution in [0.1, 0.15) is 6.92 Å². The molecule has 0 radical (unpaired) electrons. The van der Waals surface area contributed by atoms with Gasteiger partial charge in [0.05, 0.1) is 26.9 Å². The smallest absolute Gasteiger partial charge is 0.266 e. The maximum Gasteiger partial charge on any atom is 0.266 e. The van der Waals surface area contributed by atoms with Crippen molar-refractivity contribution in [2.45, 2.75) is 17.3 Å².